The second-order valence-corrected chi connectivity index (χ2v) is 10.2. The number of nitrogens with one attached hydrogen (secondary N) is 3. The molecule has 9 nitrogen and oxygen atoms in total. The second-order valence-electron chi connectivity index (χ2n) is 10.2. The molecular formula is C25H33N5O4. The van der Waals surface area contributed by atoms with Crippen molar-refractivity contribution in [3.8, 4) is 0 Å². The van der Waals surface area contributed by atoms with E-state index in [9.17, 15) is 19.5 Å². The highest BCUT2D eigenvalue weighted by atomic mass is 16.4. The van der Waals surface area contributed by atoms with Crippen LogP contribution in [0.5, 0.6) is 0 Å². The fourth-order valence-corrected chi connectivity index (χ4v) is 5.51. The lowest BCUT2D eigenvalue weighted by molar-refractivity contribution is -0.142. The van der Waals surface area contributed by atoms with E-state index < -0.39 is 12.0 Å². The molecule has 3 aliphatic carbocycles. The van der Waals surface area contributed by atoms with E-state index in [1.54, 1.807) is 12.4 Å². The lowest BCUT2D eigenvalue weighted by atomic mass is 9.82. The summed E-state index contributed by atoms with van der Waals surface area (Å²) in [6.07, 6.45) is 13.1. The molecule has 9 heteroatoms. The number of H-pyrrole nitrogens is 1. The Morgan fingerprint density at radius 1 is 1.00 bits per heavy atom. The minimum absolute atomic E-state index is 0.0499. The van der Waals surface area contributed by atoms with Gasteiger partial charge < -0.3 is 20.7 Å². The normalized spacial score (nSPS) is 24.5. The van der Waals surface area contributed by atoms with Crippen LogP contribution in [0.1, 0.15) is 92.6 Å². The number of fused-ring (bicyclic) bond motifs is 1. The van der Waals surface area contributed by atoms with Crippen molar-refractivity contribution in [2.45, 2.75) is 88.6 Å². The molecule has 2 aromatic rings. The van der Waals surface area contributed by atoms with Gasteiger partial charge in [0.05, 0.1) is 23.4 Å². The van der Waals surface area contributed by atoms with Crippen LogP contribution >= 0.6 is 0 Å². The molecule has 0 spiro atoms. The van der Waals surface area contributed by atoms with Gasteiger partial charge in [0.1, 0.15) is 11.6 Å². The minimum Gasteiger partial charge on any atom is -0.481 e. The highest BCUT2D eigenvalue weighted by Gasteiger charge is 2.34. The average Bonchev–Trinajstić information content (AvgIpc) is 3.62. The van der Waals surface area contributed by atoms with Crippen LogP contribution < -0.4 is 10.6 Å². The number of carbonyl (C=O) groups excluding carboxylic acids is 2. The smallest absolute Gasteiger partial charge is 0.306 e. The summed E-state index contributed by atoms with van der Waals surface area (Å²) in [4.78, 5) is 50.1. The monoisotopic (exact) mass is 467 g/mol. The van der Waals surface area contributed by atoms with E-state index in [0.717, 1.165) is 50.6 Å². The number of aromatic amines is 1. The molecule has 0 radical (unpaired) electrons. The van der Waals surface area contributed by atoms with Gasteiger partial charge in [-0.1, -0.05) is 19.3 Å². The molecule has 34 heavy (non-hydrogen) atoms. The van der Waals surface area contributed by atoms with Crippen molar-refractivity contribution in [3.63, 3.8) is 0 Å². The summed E-state index contributed by atoms with van der Waals surface area (Å²) in [5.41, 5.74) is 2.46. The van der Waals surface area contributed by atoms with Crippen molar-refractivity contribution in [1.29, 1.82) is 0 Å². The van der Waals surface area contributed by atoms with Gasteiger partial charge in [-0.15, -0.1) is 0 Å². The van der Waals surface area contributed by atoms with Crippen molar-refractivity contribution in [1.82, 2.24) is 25.6 Å². The van der Waals surface area contributed by atoms with Crippen LogP contribution in [0.2, 0.25) is 0 Å². The SMILES string of the molecule is O=C(N[C@@H](C(=O)NC1CCC(C(=O)O)CC1)C1CCCCC1)c1c[nH]c2ncc(C3CC3)nc12. The molecule has 5 rings (SSSR count). The highest BCUT2D eigenvalue weighted by Crippen LogP contribution is 2.39. The van der Waals surface area contributed by atoms with Crippen molar-refractivity contribution in [2.24, 2.45) is 11.8 Å². The van der Waals surface area contributed by atoms with Gasteiger partial charge in [-0.25, -0.2) is 9.97 Å². The van der Waals surface area contributed by atoms with Gasteiger partial charge in [0.2, 0.25) is 5.91 Å². The van der Waals surface area contributed by atoms with E-state index in [0.29, 0.717) is 48.3 Å². The predicted molar refractivity (Wildman–Crippen MR) is 125 cm³/mol. The van der Waals surface area contributed by atoms with Gasteiger partial charge in [0.15, 0.2) is 5.65 Å². The Labute approximate surface area is 198 Å². The summed E-state index contributed by atoms with van der Waals surface area (Å²) >= 11 is 0. The zero-order valence-electron chi connectivity index (χ0n) is 19.4. The Morgan fingerprint density at radius 3 is 2.41 bits per heavy atom. The highest BCUT2D eigenvalue weighted by molar-refractivity contribution is 6.06. The number of carboxylic acids is 1. The second kappa shape index (κ2) is 9.72. The predicted octanol–water partition coefficient (Wildman–Crippen LogP) is 3.27. The molecule has 0 aromatic carbocycles. The molecule has 2 amide bonds. The number of aromatic nitrogens is 3. The average molecular weight is 468 g/mol. The summed E-state index contributed by atoms with van der Waals surface area (Å²) in [6, 6.07) is -0.666. The van der Waals surface area contributed by atoms with E-state index in [1.807, 2.05) is 0 Å². The number of aliphatic carboxylic acids is 1. The van der Waals surface area contributed by atoms with Crippen LogP contribution in [0.4, 0.5) is 0 Å². The van der Waals surface area contributed by atoms with Crippen LogP contribution in [0.15, 0.2) is 12.4 Å². The molecule has 2 heterocycles. The van der Waals surface area contributed by atoms with Gasteiger partial charge in [-0.05, 0) is 57.3 Å². The Kier molecular flexibility index (Phi) is 6.52. The standard InChI is InChI=1S/C25H33N5O4/c31-23(18-12-26-22-21(18)29-19(13-27-22)14-6-7-14)30-20(15-4-2-1-3-5-15)24(32)28-17-10-8-16(9-11-17)25(33)34/h12-17,20H,1-11H2,(H,26,27)(H,28,32)(H,30,31)(H,33,34)/t16?,17?,20-/m1/s1. The van der Waals surface area contributed by atoms with E-state index in [-0.39, 0.29) is 29.7 Å². The van der Waals surface area contributed by atoms with E-state index in [4.69, 9.17) is 4.98 Å². The van der Waals surface area contributed by atoms with Crippen LogP contribution in [0.3, 0.4) is 0 Å². The van der Waals surface area contributed by atoms with E-state index >= 15 is 0 Å². The maximum atomic E-state index is 13.4. The number of rotatable bonds is 7. The third-order valence-electron chi connectivity index (χ3n) is 7.75. The van der Waals surface area contributed by atoms with Gasteiger partial charge >= 0.3 is 5.97 Å². The maximum Gasteiger partial charge on any atom is 0.306 e. The molecule has 3 aliphatic rings. The first-order valence-corrected chi connectivity index (χ1v) is 12.7. The third-order valence-corrected chi connectivity index (χ3v) is 7.75. The van der Waals surface area contributed by atoms with Crippen molar-refractivity contribution >= 4 is 28.9 Å². The van der Waals surface area contributed by atoms with Crippen molar-refractivity contribution < 1.29 is 19.5 Å². The summed E-state index contributed by atoms with van der Waals surface area (Å²) in [5, 5.41) is 15.4. The molecule has 0 saturated heterocycles. The minimum atomic E-state index is -0.760. The zero-order valence-corrected chi connectivity index (χ0v) is 19.4. The van der Waals surface area contributed by atoms with Crippen LogP contribution in [-0.4, -0.2) is 49.9 Å². The molecule has 0 bridgehead atoms. The van der Waals surface area contributed by atoms with E-state index in [2.05, 4.69) is 20.6 Å². The van der Waals surface area contributed by atoms with Crippen molar-refractivity contribution in [3.05, 3.63) is 23.7 Å². The molecule has 182 valence electrons. The topological polar surface area (TPSA) is 137 Å². The summed E-state index contributed by atoms with van der Waals surface area (Å²) < 4.78 is 0. The number of nitrogens with zero attached hydrogens (tertiary/aromatic N) is 2. The van der Waals surface area contributed by atoms with Crippen LogP contribution in [0.25, 0.3) is 11.2 Å². The Bertz CT molecular complexity index is 1060. The number of carbonyl (C=O) groups is 3. The number of carboxylic acid groups (broad SMARTS) is 1. The fourth-order valence-electron chi connectivity index (χ4n) is 5.51. The molecule has 1 atom stereocenters. The van der Waals surface area contributed by atoms with Gasteiger partial charge in [-0.2, -0.15) is 0 Å². The van der Waals surface area contributed by atoms with Gasteiger partial charge in [0, 0.05) is 18.2 Å². The molecule has 0 unspecified atom stereocenters. The fraction of sp³-hybridized carbons (Fsp3) is 0.640. The number of amides is 2. The summed E-state index contributed by atoms with van der Waals surface area (Å²) in [5.74, 6) is -1.04. The molecule has 4 N–H and O–H groups in total. The third kappa shape index (κ3) is 4.93. The van der Waals surface area contributed by atoms with E-state index in [1.165, 1.54) is 0 Å². The molecule has 2 aromatic heterocycles. The summed E-state index contributed by atoms with van der Waals surface area (Å²) in [6.45, 7) is 0. The first kappa shape index (κ1) is 22.8. The zero-order chi connectivity index (χ0) is 23.7. The Balaban J connectivity index is 1.30. The maximum absolute atomic E-state index is 13.4. The van der Waals surface area contributed by atoms with Crippen molar-refractivity contribution in [2.75, 3.05) is 0 Å². The van der Waals surface area contributed by atoms with Crippen LogP contribution in [-0.2, 0) is 9.59 Å². The lowest BCUT2D eigenvalue weighted by Gasteiger charge is -2.33. The van der Waals surface area contributed by atoms with Crippen LogP contribution in [0, 0.1) is 11.8 Å². The molecule has 3 fully saturated rings. The largest absolute Gasteiger partial charge is 0.481 e. The number of hydrogen-bond acceptors (Lipinski definition) is 5. The molecular weight excluding hydrogens is 434 g/mol. The molecule has 3 saturated carbocycles. The first-order chi connectivity index (χ1) is 16.5. The molecule has 0 aliphatic heterocycles. The lowest BCUT2D eigenvalue weighted by Crippen LogP contribution is -2.54. The summed E-state index contributed by atoms with van der Waals surface area (Å²) in [7, 11) is 0. The Hall–Kier alpha value is -2.97. The first-order valence-electron chi connectivity index (χ1n) is 12.7. The Morgan fingerprint density at radius 2 is 1.74 bits per heavy atom. The quantitative estimate of drug-likeness (QED) is 0.493. The van der Waals surface area contributed by atoms with Gasteiger partial charge in [-0.3, -0.25) is 14.4 Å². The number of hydrogen-bond donors (Lipinski definition) is 4. The van der Waals surface area contributed by atoms with Gasteiger partial charge in [0.25, 0.3) is 5.91 Å².